The zero-order valence-corrected chi connectivity index (χ0v) is 14.1. The molecule has 0 saturated carbocycles. The number of carbonyl (C=O) groups is 1. The molecule has 0 unspecified atom stereocenters. The molecule has 1 aliphatic rings. The molecule has 4 nitrogen and oxygen atoms in total. The van der Waals surface area contributed by atoms with Crippen LogP contribution in [-0.4, -0.2) is 19.1 Å². The molecule has 1 N–H and O–H groups in total. The minimum atomic E-state index is -0.564. The molecule has 0 bridgehead atoms. The van der Waals surface area contributed by atoms with E-state index in [0.29, 0.717) is 11.5 Å². The number of aryl methyl sites for hydroxylation is 1. The van der Waals surface area contributed by atoms with Gasteiger partial charge >= 0.3 is 0 Å². The van der Waals surface area contributed by atoms with Gasteiger partial charge in [0.05, 0.1) is 13.2 Å². The number of methoxy groups -OCH3 is 1. The maximum Gasteiger partial charge on any atom is 0.261 e. The molecular weight excluding hydrogens is 302 g/mol. The Labute approximate surface area is 142 Å². The highest BCUT2D eigenvalue weighted by molar-refractivity contribution is 5.81. The van der Waals surface area contributed by atoms with Gasteiger partial charge in [-0.15, -0.1) is 0 Å². The summed E-state index contributed by atoms with van der Waals surface area (Å²) in [5.41, 5.74) is 2.56. The van der Waals surface area contributed by atoms with Crippen LogP contribution in [0.15, 0.2) is 48.5 Å². The van der Waals surface area contributed by atoms with Gasteiger partial charge < -0.3 is 14.8 Å². The summed E-state index contributed by atoms with van der Waals surface area (Å²) in [5, 5.41) is 3.13. The Hall–Kier alpha value is -2.49. The number of rotatable bonds is 5. The van der Waals surface area contributed by atoms with Gasteiger partial charge in [0.1, 0.15) is 11.5 Å². The highest BCUT2D eigenvalue weighted by Gasteiger charge is 2.24. The average Bonchev–Trinajstić information content (AvgIpc) is 2.62. The quantitative estimate of drug-likeness (QED) is 0.913. The van der Waals surface area contributed by atoms with E-state index in [1.165, 1.54) is 11.1 Å². The van der Waals surface area contributed by atoms with Crippen LogP contribution in [0.3, 0.4) is 0 Å². The number of carbonyl (C=O) groups excluding carboxylic acids is 1. The first-order chi connectivity index (χ1) is 11.7. The normalized spacial score (nSPS) is 17.5. The third kappa shape index (κ3) is 3.70. The van der Waals surface area contributed by atoms with Crippen molar-refractivity contribution >= 4 is 5.91 Å². The maximum absolute atomic E-state index is 12.5. The van der Waals surface area contributed by atoms with Crippen molar-refractivity contribution in [2.45, 2.75) is 38.3 Å². The highest BCUT2D eigenvalue weighted by atomic mass is 16.5. The van der Waals surface area contributed by atoms with Crippen LogP contribution >= 0.6 is 0 Å². The maximum atomic E-state index is 12.5. The molecule has 0 spiro atoms. The molecule has 1 amide bonds. The van der Waals surface area contributed by atoms with Gasteiger partial charge in [-0.2, -0.15) is 0 Å². The van der Waals surface area contributed by atoms with Gasteiger partial charge in [0.25, 0.3) is 5.91 Å². The number of hydrogen-bond donors (Lipinski definition) is 1. The molecule has 0 fully saturated rings. The van der Waals surface area contributed by atoms with Gasteiger partial charge in [-0.05, 0) is 49.4 Å². The summed E-state index contributed by atoms with van der Waals surface area (Å²) < 4.78 is 10.9. The fourth-order valence-electron chi connectivity index (χ4n) is 3.13. The van der Waals surface area contributed by atoms with Gasteiger partial charge in [-0.3, -0.25) is 4.79 Å². The summed E-state index contributed by atoms with van der Waals surface area (Å²) in [6.07, 6.45) is 2.58. The predicted molar refractivity (Wildman–Crippen MR) is 93.3 cm³/mol. The van der Waals surface area contributed by atoms with E-state index in [9.17, 15) is 4.79 Å². The smallest absolute Gasteiger partial charge is 0.261 e. The van der Waals surface area contributed by atoms with E-state index in [4.69, 9.17) is 9.47 Å². The fourth-order valence-corrected chi connectivity index (χ4v) is 3.13. The Balaban J connectivity index is 1.64. The minimum Gasteiger partial charge on any atom is -0.497 e. The molecule has 2 atom stereocenters. The summed E-state index contributed by atoms with van der Waals surface area (Å²) in [5.74, 6) is 1.24. The van der Waals surface area contributed by atoms with Crippen molar-refractivity contribution in [3.8, 4) is 11.5 Å². The lowest BCUT2D eigenvalue weighted by Gasteiger charge is -2.27. The molecular formula is C20H23NO3. The van der Waals surface area contributed by atoms with E-state index in [2.05, 4.69) is 23.5 Å². The Morgan fingerprint density at radius 2 is 1.96 bits per heavy atom. The number of ether oxygens (including phenoxy) is 2. The Kier molecular flexibility index (Phi) is 5.04. The second-order valence-corrected chi connectivity index (χ2v) is 6.09. The Morgan fingerprint density at radius 3 is 2.79 bits per heavy atom. The summed E-state index contributed by atoms with van der Waals surface area (Å²) in [6, 6.07) is 15.7. The van der Waals surface area contributed by atoms with Crippen molar-refractivity contribution in [1.82, 2.24) is 5.32 Å². The standard InChI is InChI=1S/C20H23NO3/c1-14(24-17-10-6-9-16(13-17)23-2)20(22)21-19-12-5-8-15-7-3-4-11-18(15)19/h3-4,6-7,9-11,13-14,19H,5,8,12H2,1-2H3,(H,21,22)/t14-,19-/m1/s1. The largest absolute Gasteiger partial charge is 0.497 e. The third-order valence-electron chi connectivity index (χ3n) is 4.41. The molecule has 0 heterocycles. The lowest BCUT2D eigenvalue weighted by atomic mass is 9.87. The van der Waals surface area contributed by atoms with Gasteiger partial charge in [0, 0.05) is 6.07 Å². The first kappa shape index (κ1) is 16.4. The molecule has 24 heavy (non-hydrogen) atoms. The van der Waals surface area contributed by atoms with Crippen molar-refractivity contribution in [3.05, 3.63) is 59.7 Å². The summed E-state index contributed by atoms with van der Waals surface area (Å²) >= 11 is 0. The minimum absolute atomic E-state index is 0.0683. The zero-order chi connectivity index (χ0) is 16.9. The second-order valence-electron chi connectivity index (χ2n) is 6.09. The van der Waals surface area contributed by atoms with Gasteiger partial charge in [-0.25, -0.2) is 0 Å². The van der Waals surface area contributed by atoms with Crippen LogP contribution in [0.25, 0.3) is 0 Å². The van der Waals surface area contributed by atoms with Crippen molar-refractivity contribution in [1.29, 1.82) is 0 Å². The zero-order valence-electron chi connectivity index (χ0n) is 14.1. The van der Waals surface area contributed by atoms with E-state index in [1.807, 2.05) is 24.3 Å². The van der Waals surface area contributed by atoms with Crippen molar-refractivity contribution in [2.75, 3.05) is 7.11 Å². The number of fused-ring (bicyclic) bond motifs is 1. The van der Waals surface area contributed by atoms with Gasteiger partial charge in [-0.1, -0.05) is 30.3 Å². The Morgan fingerprint density at radius 1 is 1.17 bits per heavy atom. The molecule has 3 rings (SSSR count). The molecule has 1 aliphatic carbocycles. The summed E-state index contributed by atoms with van der Waals surface area (Å²) in [7, 11) is 1.61. The lowest BCUT2D eigenvalue weighted by molar-refractivity contribution is -0.128. The topological polar surface area (TPSA) is 47.6 Å². The average molecular weight is 325 g/mol. The summed E-state index contributed by atoms with van der Waals surface area (Å²) in [4.78, 5) is 12.5. The van der Waals surface area contributed by atoms with Gasteiger partial charge in [0.15, 0.2) is 6.10 Å². The number of benzene rings is 2. The van der Waals surface area contributed by atoms with Crippen LogP contribution in [-0.2, 0) is 11.2 Å². The predicted octanol–water partition coefficient (Wildman–Crippen LogP) is 3.66. The van der Waals surface area contributed by atoms with Crippen LogP contribution in [0.2, 0.25) is 0 Å². The number of hydrogen-bond acceptors (Lipinski definition) is 3. The van der Waals surface area contributed by atoms with E-state index in [1.54, 1.807) is 20.1 Å². The number of nitrogens with one attached hydrogen (secondary N) is 1. The summed E-state index contributed by atoms with van der Waals surface area (Å²) in [6.45, 7) is 1.77. The van der Waals surface area contributed by atoms with Crippen LogP contribution in [0, 0.1) is 0 Å². The molecule has 126 valence electrons. The number of amides is 1. The van der Waals surface area contributed by atoms with Crippen molar-refractivity contribution < 1.29 is 14.3 Å². The van der Waals surface area contributed by atoms with E-state index < -0.39 is 6.10 Å². The Bertz CT molecular complexity index is 714. The van der Waals surface area contributed by atoms with E-state index >= 15 is 0 Å². The van der Waals surface area contributed by atoms with Crippen LogP contribution in [0.4, 0.5) is 0 Å². The fraction of sp³-hybridized carbons (Fsp3) is 0.350. The highest BCUT2D eigenvalue weighted by Crippen LogP contribution is 2.29. The third-order valence-corrected chi connectivity index (χ3v) is 4.41. The van der Waals surface area contributed by atoms with Gasteiger partial charge in [0.2, 0.25) is 0 Å². The molecule has 0 aliphatic heterocycles. The molecule has 4 heteroatoms. The second kappa shape index (κ2) is 7.39. The molecule has 2 aromatic rings. The van der Waals surface area contributed by atoms with Crippen molar-refractivity contribution in [3.63, 3.8) is 0 Å². The van der Waals surface area contributed by atoms with E-state index in [0.717, 1.165) is 19.3 Å². The first-order valence-corrected chi connectivity index (χ1v) is 8.36. The van der Waals surface area contributed by atoms with Crippen LogP contribution in [0.5, 0.6) is 11.5 Å². The van der Waals surface area contributed by atoms with E-state index in [-0.39, 0.29) is 11.9 Å². The SMILES string of the molecule is COc1cccc(O[C@H](C)C(=O)N[C@@H]2CCCc3ccccc32)c1. The lowest BCUT2D eigenvalue weighted by Crippen LogP contribution is -2.39. The van der Waals surface area contributed by atoms with Crippen molar-refractivity contribution in [2.24, 2.45) is 0 Å². The molecule has 0 aromatic heterocycles. The first-order valence-electron chi connectivity index (χ1n) is 8.36. The molecule has 0 radical (unpaired) electrons. The molecule has 2 aromatic carbocycles. The molecule has 0 saturated heterocycles. The monoisotopic (exact) mass is 325 g/mol. The van der Waals surface area contributed by atoms with Crippen LogP contribution in [0.1, 0.15) is 36.9 Å². The van der Waals surface area contributed by atoms with Crippen LogP contribution < -0.4 is 14.8 Å².